The van der Waals surface area contributed by atoms with Crippen molar-refractivity contribution in [1.82, 2.24) is 14.5 Å². The number of Topliss-reactive ketones (excluding diaryl/α,β-unsaturated/α-hetero) is 1. The smallest absolute Gasteiger partial charge is 0.174 e. The minimum Gasteiger partial charge on any atom is -0.497 e. The molecule has 5 nitrogen and oxygen atoms in total. The van der Waals surface area contributed by atoms with E-state index < -0.39 is 0 Å². The summed E-state index contributed by atoms with van der Waals surface area (Å²) < 4.78 is 7.40. The molecule has 1 aliphatic carbocycles. The number of hydrogen-bond donors (Lipinski definition) is 0. The molecule has 0 fully saturated rings. The van der Waals surface area contributed by atoms with E-state index in [1.807, 2.05) is 51.1 Å². The summed E-state index contributed by atoms with van der Waals surface area (Å²) in [4.78, 5) is 25.3. The highest BCUT2D eigenvalue weighted by Gasteiger charge is 2.22. The Labute approximate surface area is 202 Å². The molecule has 7 heteroatoms. The normalized spacial score (nSPS) is 13.3. The van der Waals surface area contributed by atoms with E-state index >= 15 is 0 Å². The molecule has 5 rings (SSSR count). The number of methoxy groups -OCH3 is 1. The third-order valence-corrected chi connectivity index (χ3v) is 8.46. The fourth-order valence-electron chi connectivity index (χ4n) is 4.72. The molecule has 3 heterocycles. The van der Waals surface area contributed by atoms with Crippen molar-refractivity contribution in [1.29, 1.82) is 0 Å². The number of nitrogens with zero attached hydrogens (tertiary/aromatic N) is 3. The van der Waals surface area contributed by atoms with Crippen molar-refractivity contribution < 1.29 is 9.53 Å². The maximum Gasteiger partial charge on any atom is 0.174 e. The van der Waals surface area contributed by atoms with Gasteiger partial charge in [0, 0.05) is 32.9 Å². The number of ketones is 1. The second-order valence-corrected chi connectivity index (χ2v) is 10.5. The first-order chi connectivity index (χ1) is 16.0. The lowest BCUT2D eigenvalue weighted by Crippen LogP contribution is -2.06. The van der Waals surface area contributed by atoms with Crippen molar-refractivity contribution in [2.24, 2.45) is 0 Å². The van der Waals surface area contributed by atoms with Gasteiger partial charge in [0.25, 0.3) is 0 Å². The number of carbonyl (C=O) groups excluding carboxylic acids is 1. The molecule has 1 aliphatic rings. The Hall–Kier alpha value is -2.64. The summed E-state index contributed by atoms with van der Waals surface area (Å²) in [5.41, 5.74) is 5.20. The van der Waals surface area contributed by atoms with E-state index in [2.05, 4.69) is 4.57 Å². The average molecular weight is 478 g/mol. The number of aryl methyl sites for hydroxylation is 4. The van der Waals surface area contributed by atoms with Crippen LogP contribution in [-0.2, 0) is 12.8 Å². The van der Waals surface area contributed by atoms with Gasteiger partial charge in [-0.05, 0) is 82.3 Å². The van der Waals surface area contributed by atoms with Gasteiger partial charge in [0.05, 0.1) is 12.9 Å². The highest BCUT2D eigenvalue weighted by molar-refractivity contribution is 8.00. The highest BCUT2D eigenvalue weighted by atomic mass is 32.2. The predicted octanol–water partition coefficient (Wildman–Crippen LogP) is 6.27. The highest BCUT2D eigenvalue weighted by Crippen LogP contribution is 2.40. The molecule has 0 radical (unpaired) electrons. The lowest BCUT2D eigenvalue weighted by molar-refractivity contribution is 0.102. The van der Waals surface area contributed by atoms with Gasteiger partial charge in [0.15, 0.2) is 5.78 Å². The number of rotatable bonds is 6. The first kappa shape index (κ1) is 22.2. The molecular formula is C26H27N3O2S2. The van der Waals surface area contributed by atoms with Crippen molar-refractivity contribution >= 4 is 39.1 Å². The van der Waals surface area contributed by atoms with Crippen molar-refractivity contribution in [3.05, 3.63) is 63.5 Å². The number of ether oxygens (including phenoxy) is 1. The molecule has 0 atom stereocenters. The fraction of sp³-hybridized carbons (Fsp3) is 0.346. The summed E-state index contributed by atoms with van der Waals surface area (Å²) in [7, 11) is 1.66. The Morgan fingerprint density at radius 2 is 1.88 bits per heavy atom. The lowest BCUT2D eigenvalue weighted by atomic mass is 9.97. The Bertz CT molecular complexity index is 1350. The zero-order valence-corrected chi connectivity index (χ0v) is 21.0. The Morgan fingerprint density at radius 1 is 1.12 bits per heavy atom. The van der Waals surface area contributed by atoms with Crippen LogP contribution in [0.5, 0.6) is 5.75 Å². The van der Waals surface area contributed by atoms with Gasteiger partial charge in [-0.3, -0.25) is 4.79 Å². The lowest BCUT2D eigenvalue weighted by Gasteiger charge is -2.12. The summed E-state index contributed by atoms with van der Waals surface area (Å²) in [5.74, 6) is 2.08. The standard InChI is InChI=1S/C26H27N3O2S2/c1-15-13-21(16(2)29(15)18-9-11-19(31-4)12-10-18)22(30)14-32-25-24-20-7-5-6-8-23(20)33-26(24)28-17(3)27-25/h9-13H,5-8,14H2,1-4H3. The topological polar surface area (TPSA) is 57.0 Å². The molecule has 0 saturated heterocycles. The monoisotopic (exact) mass is 477 g/mol. The molecular weight excluding hydrogens is 450 g/mol. The third-order valence-electron chi connectivity index (χ3n) is 6.30. The number of aromatic nitrogens is 3. The molecule has 0 spiro atoms. The van der Waals surface area contributed by atoms with E-state index in [1.165, 1.54) is 28.7 Å². The van der Waals surface area contributed by atoms with E-state index in [-0.39, 0.29) is 5.78 Å². The van der Waals surface area contributed by atoms with Crippen LogP contribution in [0, 0.1) is 20.8 Å². The van der Waals surface area contributed by atoms with Gasteiger partial charge < -0.3 is 9.30 Å². The van der Waals surface area contributed by atoms with E-state index in [9.17, 15) is 4.79 Å². The molecule has 0 saturated carbocycles. The van der Waals surface area contributed by atoms with E-state index in [1.54, 1.807) is 30.2 Å². The van der Waals surface area contributed by atoms with Gasteiger partial charge in [-0.25, -0.2) is 9.97 Å². The number of benzene rings is 1. The van der Waals surface area contributed by atoms with Crippen LogP contribution in [0.15, 0.2) is 35.4 Å². The molecule has 4 aromatic rings. The quantitative estimate of drug-likeness (QED) is 0.186. The molecule has 0 N–H and O–H groups in total. The fourth-order valence-corrected chi connectivity index (χ4v) is 7.07. The maximum absolute atomic E-state index is 13.3. The van der Waals surface area contributed by atoms with Crippen LogP contribution < -0.4 is 4.74 Å². The summed E-state index contributed by atoms with van der Waals surface area (Å²) >= 11 is 3.35. The maximum atomic E-state index is 13.3. The van der Waals surface area contributed by atoms with Gasteiger partial charge >= 0.3 is 0 Å². The summed E-state index contributed by atoms with van der Waals surface area (Å²) in [6.45, 7) is 5.99. The second kappa shape index (κ2) is 8.95. The van der Waals surface area contributed by atoms with E-state index in [0.29, 0.717) is 5.75 Å². The zero-order valence-electron chi connectivity index (χ0n) is 19.4. The van der Waals surface area contributed by atoms with Crippen molar-refractivity contribution in [2.45, 2.75) is 51.5 Å². The molecule has 170 valence electrons. The minimum absolute atomic E-state index is 0.126. The van der Waals surface area contributed by atoms with Gasteiger partial charge in [-0.2, -0.15) is 0 Å². The number of thiophene rings is 1. The van der Waals surface area contributed by atoms with Crippen LogP contribution >= 0.6 is 23.1 Å². The molecule has 0 aliphatic heterocycles. The van der Waals surface area contributed by atoms with Crippen LogP contribution in [0.2, 0.25) is 0 Å². The number of carbonyl (C=O) groups is 1. The molecule has 0 amide bonds. The molecule has 3 aromatic heterocycles. The van der Waals surface area contributed by atoms with Crippen molar-refractivity contribution in [2.75, 3.05) is 12.9 Å². The van der Waals surface area contributed by atoms with Crippen LogP contribution in [-0.4, -0.2) is 33.2 Å². The second-order valence-electron chi connectivity index (χ2n) is 8.50. The largest absolute Gasteiger partial charge is 0.497 e. The van der Waals surface area contributed by atoms with E-state index in [4.69, 9.17) is 14.7 Å². The third kappa shape index (κ3) is 4.08. The summed E-state index contributed by atoms with van der Waals surface area (Å²) in [6.07, 6.45) is 4.69. The van der Waals surface area contributed by atoms with Gasteiger partial charge in [-0.15, -0.1) is 11.3 Å². The number of hydrogen-bond acceptors (Lipinski definition) is 6. The van der Waals surface area contributed by atoms with Crippen LogP contribution in [0.25, 0.3) is 15.9 Å². The Morgan fingerprint density at radius 3 is 2.64 bits per heavy atom. The summed E-state index contributed by atoms with van der Waals surface area (Å²) in [6, 6.07) is 9.91. The molecule has 0 unspecified atom stereocenters. The average Bonchev–Trinajstić information content (AvgIpc) is 3.33. The zero-order chi connectivity index (χ0) is 23.1. The first-order valence-corrected chi connectivity index (χ1v) is 13.0. The minimum atomic E-state index is 0.126. The van der Waals surface area contributed by atoms with Crippen molar-refractivity contribution in [3.8, 4) is 11.4 Å². The number of fused-ring (bicyclic) bond motifs is 3. The van der Waals surface area contributed by atoms with Gasteiger partial charge in [-0.1, -0.05) is 11.8 Å². The van der Waals surface area contributed by atoms with Crippen LogP contribution in [0.4, 0.5) is 0 Å². The first-order valence-electron chi connectivity index (χ1n) is 11.2. The summed E-state index contributed by atoms with van der Waals surface area (Å²) in [5, 5.41) is 2.14. The SMILES string of the molecule is COc1ccc(-n2c(C)cc(C(=O)CSc3nc(C)nc4sc5c(c34)CCCC5)c2C)cc1. The predicted molar refractivity (Wildman–Crippen MR) is 136 cm³/mol. The molecule has 1 aromatic carbocycles. The van der Waals surface area contributed by atoms with Crippen molar-refractivity contribution in [3.63, 3.8) is 0 Å². The number of thioether (sulfide) groups is 1. The Balaban J connectivity index is 1.42. The molecule has 33 heavy (non-hydrogen) atoms. The Kier molecular flexibility index (Phi) is 6.01. The van der Waals surface area contributed by atoms with Crippen LogP contribution in [0.3, 0.4) is 0 Å². The molecule has 0 bridgehead atoms. The van der Waals surface area contributed by atoms with E-state index in [0.717, 1.165) is 56.9 Å². The van der Waals surface area contributed by atoms with Gasteiger partial charge in [0.1, 0.15) is 21.4 Å². The van der Waals surface area contributed by atoms with Crippen LogP contribution in [0.1, 0.15) is 50.9 Å². The van der Waals surface area contributed by atoms with Gasteiger partial charge in [0.2, 0.25) is 0 Å².